The summed E-state index contributed by atoms with van der Waals surface area (Å²) in [7, 11) is 0. The van der Waals surface area contributed by atoms with E-state index in [1.807, 2.05) is 30.3 Å². The molecule has 2 heterocycles. The van der Waals surface area contributed by atoms with Crippen molar-refractivity contribution >= 4 is 22.5 Å². The fourth-order valence-electron chi connectivity index (χ4n) is 3.18. The van der Waals surface area contributed by atoms with E-state index in [-0.39, 0.29) is 5.91 Å². The molecule has 5 heteroatoms. The van der Waals surface area contributed by atoms with Crippen LogP contribution in [0.15, 0.2) is 58.2 Å². The van der Waals surface area contributed by atoms with E-state index in [0.717, 1.165) is 42.3 Å². The lowest BCUT2D eigenvalue weighted by Crippen LogP contribution is -2.21. The van der Waals surface area contributed by atoms with E-state index in [2.05, 4.69) is 15.5 Å². The maximum absolute atomic E-state index is 12.7. The van der Waals surface area contributed by atoms with Crippen molar-refractivity contribution in [2.45, 2.75) is 32.1 Å². The number of carbonyl (C=O) groups is 1. The number of fused-ring (bicyclic) bond motifs is 1. The summed E-state index contributed by atoms with van der Waals surface area (Å²) < 4.78 is 5.44. The number of para-hydroxylation sites is 1. The number of rotatable bonds is 3. The molecule has 5 nitrogen and oxygen atoms in total. The Morgan fingerprint density at radius 2 is 1.92 bits per heavy atom. The van der Waals surface area contributed by atoms with Gasteiger partial charge in [-0.15, -0.1) is 0 Å². The molecule has 0 spiro atoms. The lowest BCUT2D eigenvalue weighted by atomic mass is 9.99. The van der Waals surface area contributed by atoms with Gasteiger partial charge in [0.1, 0.15) is 5.69 Å². The molecule has 3 aromatic rings. The Kier molecular flexibility index (Phi) is 4.29. The summed E-state index contributed by atoms with van der Waals surface area (Å²) in [5, 5.41) is 5.14. The Hall–Kier alpha value is -2.95. The molecule has 1 amide bonds. The van der Waals surface area contributed by atoms with Crippen molar-refractivity contribution in [3.8, 4) is 11.5 Å². The number of aromatic nitrogens is 1. The molecule has 1 aliphatic rings. The molecule has 1 fully saturated rings. The van der Waals surface area contributed by atoms with Crippen LogP contribution in [0.5, 0.6) is 0 Å². The summed E-state index contributed by atoms with van der Waals surface area (Å²) in [6.45, 7) is 0. The van der Waals surface area contributed by atoms with Crippen molar-refractivity contribution in [3.63, 3.8) is 0 Å². The molecular formula is C20H19N3O2. The quantitative estimate of drug-likeness (QED) is 0.715. The Morgan fingerprint density at radius 3 is 2.72 bits per heavy atom. The van der Waals surface area contributed by atoms with Gasteiger partial charge < -0.3 is 4.42 Å². The molecular weight excluding hydrogens is 314 g/mol. The molecule has 0 bridgehead atoms. The molecule has 0 radical (unpaired) electrons. The Labute approximate surface area is 145 Å². The van der Waals surface area contributed by atoms with Crippen LogP contribution >= 0.6 is 0 Å². The van der Waals surface area contributed by atoms with E-state index in [0.29, 0.717) is 17.0 Å². The van der Waals surface area contributed by atoms with E-state index in [4.69, 9.17) is 4.42 Å². The summed E-state index contributed by atoms with van der Waals surface area (Å²) >= 11 is 0. The second-order valence-corrected chi connectivity index (χ2v) is 6.23. The van der Waals surface area contributed by atoms with Gasteiger partial charge in [-0.1, -0.05) is 24.6 Å². The highest BCUT2D eigenvalue weighted by atomic mass is 16.3. The summed E-state index contributed by atoms with van der Waals surface area (Å²) in [5.74, 6) is 0.419. The van der Waals surface area contributed by atoms with E-state index >= 15 is 0 Å². The number of benzene rings is 1. The molecule has 25 heavy (non-hydrogen) atoms. The maximum Gasteiger partial charge on any atom is 0.272 e. The Balaban J connectivity index is 1.70. The number of pyridine rings is 1. The molecule has 0 saturated heterocycles. The van der Waals surface area contributed by atoms with Gasteiger partial charge in [0.25, 0.3) is 5.91 Å². The third-order valence-electron chi connectivity index (χ3n) is 4.48. The number of amides is 1. The predicted molar refractivity (Wildman–Crippen MR) is 97.4 cm³/mol. The van der Waals surface area contributed by atoms with Crippen molar-refractivity contribution in [1.82, 2.24) is 10.4 Å². The van der Waals surface area contributed by atoms with Crippen LogP contribution in [-0.2, 0) is 0 Å². The second-order valence-electron chi connectivity index (χ2n) is 6.23. The van der Waals surface area contributed by atoms with Crippen molar-refractivity contribution in [3.05, 3.63) is 54.3 Å². The molecule has 1 saturated carbocycles. The first-order chi connectivity index (χ1) is 12.3. The minimum absolute atomic E-state index is 0.218. The van der Waals surface area contributed by atoms with Crippen LogP contribution in [0.2, 0.25) is 0 Å². The number of hydrazone groups is 1. The van der Waals surface area contributed by atoms with Crippen LogP contribution in [0.25, 0.3) is 22.4 Å². The van der Waals surface area contributed by atoms with Gasteiger partial charge in [0.2, 0.25) is 0 Å². The van der Waals surface area contributed by atoms with Crippen LogP contribution < -0.4 is 5.43 Å². The molecule has 0 aliphatic heterocycles. The van der Waals surface area contributed by atoms with Crippen LogP contribution in [0.1, 0.15) is 42.5 Å². The molecule has 2 aromatic heterocycles. The first kappa shape index (κ1) is 15.6. The molecule has 0 atom stereocenters. The number of furan rings is 1. The van der Waals surface area contributed by atoms with Crippen LogP contribution in [0.3, 0.4) is 0 Å². The van der Waals surface area contributed by atoms with Gasteiger partial charge in [0.15, 0.2) is 5.76 Å². The average Bonchev–Trinajstić information content (AvgIpc) is 3.21. The number of carbonyl (C=O) groups excluding carboxylic acids is 1. The number of nitrogens with one attached hydrogen (secondary N) is 1. The highest BCUT2D eigenvalue weighted by Gasteiger charge is 2.15. The van der Waals surface area contributed by atoms with Gasteiger partial charge in [0, 0.05) is 11.1 Å². The highest BCUT2D eigenvalue weighted by molar-refractivity contribution is 6.07. The lowest BCUT2D eigenvalue weighted by molar-refractivity contribution is 0.0956. The summed E-state index contributed by atoms with van der Waals surface area (Å²) in [6, 6.07) is 13.0. The third kappa shape index (κ3) is 3.31. The molecule has 1 aliphatic carbocycles. The van der Waals surface area contributed by atoms with Crippen molar-refractivity contribution in [2.75, 3.05) is 0 Å². The maximum atomic E-state index is 12.7. The zero-order chi connectivity index (χ0) is 17.1. The van der Waals surface area contributed by atoms with Gasteiger partial charge >= 0.3 is 0 Å². The zero-order valence-corrected chi connectivity index (χ0v) is 13.9. The fraction of sp³-hybridized carbons (Fsp3) is 0.250. The smallest absolute Gasteiger partial charge is 0.272 e. The first-order valence-corrected chi connectivity index (χ1v) is 8.61. The average molecular weight is 333 g/mol. The minimum atomic E-state index is -0.218. The van der Waals surface area contributed by atoms with Crippen LogP contribution in [-0.4, -0.2) is 16.6 Å². The zero-order valence-electron chi connectivity index (χ0n) is 13.9. The van der Waals surface area contributed by atoms with E-state index < -0.39 is 0 Å². The summed E-state index contributed by atoms with van der Waals surface area (Å²) in [4.78, 5) is 17.3. The summed E-state index contributed by atoms with van der Waals surface area (Å²) in [5.41, 5.74) is 5.74. The normalized spacial score (nSPS) is 14.5. The Bertz CT molecular complexity index is 921. The van der Waals surface area contributed by atoms with E-state index in [1.54, 1.807) is 18.4 Å². The van der Waals surface area contributed by atoms with Gasteiger partial charge in [-0.05, 0) is 49.9 Å². The van der Waals surface area contributed by atoms with Gasteiger partial charge in [-0.2, -0.15) is 5.10 Å². The van der Waals surface area contributed by atoms with Crippen molar-refractivity contribution < 1.29 is 9.21 Å². The Morgan fingerprint density at radius 1 is 1.08 bits per heavy atom. The summed E-state index contributed by atoms with van der Waals surface area (Å²) in [6.07, 6.45) is 7.07. The monoisotopic (exact) mass is 333 g/mol. The largest absolute Gasteiger partial charge is 0.463 e. The molecule has 126 valence electrons. The van der Waals surface area contributed by atoms with Crippen molar-refractivity contribution in [1.29, 1.82) is 0 Å². The van der Waals surface area contributed by atoms with Gasteiger partial charge in [-0.25, -0.2) is 10.4 Å². The fourth-order valence-corrected chi connectivity index (χ4v) is 3.18. The van der Waals surface area contributed by atoms with Gasteiger partial charge in [-0.3, -0.25) is 4.79 Å². The highest BCUT2D eigenvalue weighted by Crippen LogP contribution is 2.25. The molecule has 1 N–H and O–H groups in total. The third-order valence-corrected chi connectivity index (χ3v) is 4.48. The SMILES string of the molecule is O=C(NN=C1CCCCC1)c1cc(-c2ccco2)nc2ccccc12. The molecule has 4 rings (SSSR count). The minimum Gasteiger partial charge on any atom is -0.463 e. The molecule has 1 aromatic carbocycles. The predicted octanol–water partition coefficient (Wildman–Crippen LogP) is 4.54. The van der Waals surface area contributed by atoms with Gasteiger partial charge in [0.05, 0.1) is 17.3 Å². The lowest BCUT2D eigenvalue weighted by Gasteiger charge is -2.12. The van der Waals surface area contributed by atoms with E-state index in [9.17, 15) is 4.79 Å². The van der Waals surface area contributed by atoms with Crippen molar-refractivity contribution in [2.24, 2.45) is 5.10 Å². The van der Waals surface area contributed by atoms with E-state index in [1.165, 1.54) is 6.42 Å². The number of nitrogens with zero attached hydrogens (tertiary/aromatic N) is 2. The first-order valence-electron chi connectivity index (χ1n) is 8.61. The number of hydrogen-bond donors (Lipinski definition) is 1. The van der Waals surface area contributed by atoms with Crippen LogP contribution in [0.4, 0.5) is 0 Å². The topological polar surface area (TPSA) is 67.5 Å². The number of hydrogen-bond acceptors (Lipinski definition) is 4. The second kappa shape index (κ2) is 6.89. The standard InChI is InChI=1S/C20H19N3O2/c24-20(23-22-14-7-2-1-3-8-14)16-13-18(19-11-6-12-25-19)21-17-10-5-4-9-15(16)17/h4-6,9-13H,1-3,7-8H2,(H,23,24). The van der Waals surface area contributed by atoms with Crippen LogP contribution in [0, 0.1) is 0 Å². The molecule has 0 unspecified atom stereocenters.